The Labute approximate surface area is 485 Å². The molecule has 0 bridgehead atoms. The Morgan fingerprint density at radius 2 is 0.875 bits per heavy atom. The first kappa shape index (κ1) is 57.6. The lowest BCUT2D eigenvalue weighted by molar-refractivity contribution is 0.160. The van der Waals surface area contributed by atoms with Crippen molar-refractivity contribution in [1.29, 1.82) is 0 Å². The Bertz CT molecular complexity index is 2900. The molecule has 4 aromatic carbocycles. The van der Waals surface area contributed by atoms with Crippen LogP contribution in [0.25, 0.3) is 42.0 Å². The number of nitrogens with zero attached hydrogens (tertiary/aromatic N) is 6. The van der Waals surface area contributed by atoms with E-state index < -0.39 is 0 Å². The first-order valence-corrected chi connectivity index (χ1v) is 32.6. The molecule has 2 aliphatic rings. The summed E-state index contributed by atoms with van der Waals surface area (Å²) in [6.07, 6.45) is 22.7. The van der Waals surface area contributed by atoms with Gasteiger partial charge in [0.1, 0.15) is 11.5 Å². The van der Waals surface area contributed by atoms with Crippen molar-refractivity contribution in [2.75, 3.05) is 102 Å². The molecule has 6 heterocycles. The zero-order valence-corrected chi connectivity index (χ0v) is 49.5. The summed E-state index contributed by atoms with van der Waals surface area (Å²) in [5.41, 5.74) is 4.54. The molecule has 426 valence electrons. The van der Waals surface area contributed by atoms with E-state index in [1.807, 2.05) is 34.8 Å². The number of hydrogen-bond donors (Lipinski definition) is 0. The molecule has 2 fully saturated rings. The lowest BCUT2D eigenvalue weighted by Crippen LogP contribution is -2.46. The molecule has 8 aromatic rings. The zero-order chi connectivity index (χ0) is 54.4. The predicted molar refractivity (Wildman–Crippen MR) is 339 cm³/mol. The van der Waals surface area contributed by atoms with Gasteiger partial charge in [-0.05, 0) is 129 Å². The minimum absolute atomic E-state index is 0.192. The van der Waals surface area contributed by atoms with Crippen molar-refractivity contribution in [3.05, 3.63) is 120 Å². The molecule has 0 atom stereocenters. The van der Waals surface area contributed by atoms with E-state index in [-0.39, 0.29) is 5.92 Å². The maximum absolute atomic E-state index is 6.51. The Kier molecular flexibility index (Phi) is 22.3. The minimum atomic E-state index is 0.192. The second kappa shape index (κ2) is 31.0. The summed E-state index contributed by atoms with van der Waals surface area (Å²) in [7, 11) is 0. The zero-order valence-electron chi connectivity index (χ0n) is 47.9. The highest BCUT2D eigenvalue weighted by atomic mass is 32.1. The number of anilines is 2. The Morgan fingerprint density at radius 1 is 0.438 bits per heavy atom. The van der Waals surface area contributed by atoms with E-state index in [0.717, 1.165) is 137 Å². The quantitative estimate of drug-likeness (QED) is 0.0364. The van der Waals surface area contributed by atoms with Crippen LogP contribution >= 0.6 is 22.7 Å². The van der Waals surface area contributed by atoms with E-state index in [0.29, 0.717) is 38.2 Å². The Morgan fingerprint density at radius 3 is 1.34 bits per heavy atom. The van der Waals surface area contributed by atoms with E-state index in [1.54, 1.807) is 0 Å². The van der Waals surface area contributed by atoms with Gasteiger partial charge in [-0.2, -0.15) is 0 Å². The maximum Gasteiger partial charge on any atom is 0.213 e. The molecule has 0 aliphatic carbocycles. The van der Waals surface area contributed by atoms with Crippen LogP contribution in [-0.4, -0.2) is 112 Å². The normalized spacial score (nSPS) is 14.6. The van der Waals surface area contributed by atoms with Gasteiger partial charge in [0.25, 0.3) is 0 Å². The van der Waals surface area contributed by atoms with Crippen LogP contribution in [0.3, 0.4) is 0 Å². The van der Waals surface area contributed by atoms with Gasteiger partial charge >= 0.3 is 0 Å². The summed E-state index contributed by atoms with van der Waals surface area (Å²) in [5, 5.41) is 9.34. The maximum atomic E-state index is 6.51. The third kappa shape index (κ3) is 17.0. The van der Waals surface area contributed by atoms with Crippen LogP contribution in [0.4, 0.5) is 11.4 Å². The molecule has 4 aromatic heterocycles. The first-order valence-electron chi connectivity index (χ1n) is 30.8. The summed E-state index contributed by atoms with van der Waals surface area (Å²) in [4.78, 5) is 20.3. The van der Waals surface area contributed by atoms with E-state index >= 15 is 0 Å². The number of rotatable bonds is 34. The highest BCUT2D eigenvalue weighted by Crippen LogP contribution is 2.33. The summed E-state index contributed by atoms with van der Waals surface area (Å²) in [6.45, 7) is 15.7. The molecular weight excluding hydrogens is 1030 g/mol. The third-order valence-electron chi connectivity index (χ3n) is 16.6. The van der Waals surface area contributed by atoms with Gasteiger partial charge in [-0.15, -0.1) is 22.7 Å². The van der Waals surface area contributed by atoms with Crippen LogP contribution in [0, 0.1) is 5.92 Å². The topological polar surface area (TPSA) is 75.7 Å². The van der Waals surface area contributed by atoms with Crippen molar-refractivity contribution < 1.29 is 18.9 Å². The van der Waals surface area contributed by atoms with Gasteiger partial charge < -0.3 is 28.7 Å². The number of aromatic nitrogens is 2. The van der Waals surface area contributed by atoms with Crippen LogP contribution < -0.4 is 28.7 Å². The Balaban J connectivity index is 0.661. The molecule has 80 heavy (non-hydrogen) atoms. The Hall–Kier alpha value is -5.66. The van der Waals surface area contributed by atoms with E-state index in [4.69, 9.17) is 28.9 Å². The van der Waals surface area contributed by atoms with E-state index in [1.165, 1.54) is 109 Å². The third-order valence-corrected chi connectivity index (χ3v) is 18.3. The van der Waals surface area contributed by atoms with Crippen LogP contribution in [0.5, 0.6) is 23.3 Å². The fourth-order valence-electron chi connectivity index (χ4n) is 11.8. The molecule has 0 unspecified atom stereocenters. The van der Waals surface area contributed by atoms with Crippen molar-refractivity contribution in [2.45, 2.75) is 122 Å². The summed E-state index contributed by atoms with van der Waals surface area (Å²) >= 11 is 3.66. The molecule has 0 amide bonds. The monoisotopic (exact) mass is 1120 g/mol. The number of benzene rings is 4. The lowest BCUT2D eigenvalue weighted by atomic mass is 10.0. The van der Waals surface area contributed by atoms with Crippen molar-refractivity contribution >= 4 is 76.0 Å². The molecule has 10 rings (SSSR count). The number of hydrogen-bond acceptors (Lipinski definition) is 12. The van der Waals surface area contributed by atoms with Gasteiger partial charge in [0, 0.05) is 125 Å². The molecule has 0 radical (unpaired) electrons. The molecular formula is C68H88N6O4S2. The standard InChI is InChI=1S/C68H88N6O4S2/c1-2-3-4-5-6-7-8-9-10-11-12-13-14-21-54(52-77-67-32-28-55-26-30-57(50-61(55)69-67)75-46-17-15-36-71-38-42-73(43-39-71)63-22-19-24-65-59(63)34-48-79-65)53-78-68-33-29-56-27-31-58(51-62(56)70-68)76-47-18-16-37-72-40-44-74(45-41-72)64-23-20-25-66-60(64)35-49-80-66/h19-20,22-35,48-51,54H,2-18,21,36-47,52-53H2,1H3. The predicted octanol–water partition coefficient (Wildman–Crippen LogP) is 16.7. The molecule has 12 heteroatoms. The van der Waals surface area contributed by atoms with Gasteiger partial charge in [-0.1, -0.05) is 103 Å². The molecule has 2 aliphatic heterocycles. The number of thiophene rings is 2. The van der Waals surface area contributed by atoms with Crippen molar-refractivity contribution in [2.24, 2.45) is 5.92 Å². The van der Waals surface area contributed by atoms with E-state index in [9.17, 15) is 0 Å². The number of ether oxygens (including phenoxy) is 4. The molecule has 0 saturated carbocycles. The van der Waals surface area contributed by atoms with Gasteiger partial charge in [-0.3, -0.25) is 9.80 Å². The van der Waals surface area contributed by atoms with Crippen LogP contribution in [0.15, 0.2) is 120 Å². The van der Waals surface area contributed by atoms with Crippen molar-refractivity contribution in [1.82, 2.24) is 19.8 Å². The summed E-state index contributed by atoms with van der Waals surface area (Å²) in [6, 6.07) is 38.6. The SMILES string of the molecule is CCCCCCCCCCCCCCCC(COc1ccc2ccc(OCCCCN3CCN(c4cccc5sccc45)CC3)cc2n1)COc1ccc2ccc(OCCCCN3CCN(c4cccc5sccc45)CC3)cc2n1. The highest BCUT2D eigenvalue weighted by Gasteiger charge is 2.21. The number of piperazine rings is 2. The molecule has 10 nitrogen and oxygen atoms in total. The second-order valence-corrected chi connectivity index (χ2v) is 24.4. The van der Waals surface area contributed by atoms with Gasteiger partial charge in [0.2, 0.25) is 11.8 Å². The van der Waals surface area contributed by atoms with Gasteiger partial charge in [-0.25, -0.2) is 9.97 Å². The smallest absolute Gasteiger partial charge is 0.213 e. The lowest BCUT2D eigenvalue weighted by Gasteiger charge is -2.36. The average Bonchev–Trinajstić information content (AvgIpc) is 4.20. The second-order valence-electron chi connectivity index (χ2n) is 22.5. The van der Waals surface area contributed by atoms with Crippen molar-refractivity contribution in [3.8, 4) is 23.3 Å². The molecule has 2 saturated heterocycles. The number of unbranched alkanes of at least 4 members (excludes halogenated alkanes) is 14. The minimum Gasteiger partial charge on any atom is -0.494 e. The molecule has 0 N–H and O–H groups in total. The summed E-state index contributed by atoms with van der Waals surface area (Å²) in [5.74, 6) is 3.17. The van der Waals surface area contributed by atoms with Gasteiger partial charge in [0.15, 0.2) is 0 Å². The van der Waals surface area contributed by atoms with Crippen LogP contribution in [0.2, 0.25) is 0 Å². The first-order chi connectivity index (χ1) is 39.6. The fraction of sp³-hybridized carbons (Fsp3) is 0.500. The largest absolute Gasteiger partial charge is 0.494 e. The average molecular weight is 1120 g/mol. The van der Waals surface area contributed by atoms with E-state index in [2.05, 4.69) is 134 Å². The highest BCUT2D eigenvalue weighted by molar-refractivity contribution is 7.17. The van der Waals surface area contributed by atoms with Crippen LogP contribution in [0.1, 0.15) is 122 Å². The van der Waals surface area contributed by atoms with Crippen LogP contribution in [-0.2, 0) is 0 Å². The number of fused-ring (bicyclic) bond motifs is 4. The number of pyridine rings is 2. The fourth-order valence-corrected chi connectivity index (χ4v) is 13.4. The molecule has 0 spiro atoms. The van der Waals surface area contributed by atoms with Crippen molar-refractivity contribution in [3.63, 3.8) is 0 Å². The summed E-state index contributed by atoms with van der Waals surface area (Å²) < 4.78 is 28.4. The van der Waals surface area contributed by atoms with Gasteiger partial charge in [0.05, 0.1) is 37.5 Å².